The Balaban J connectivity index is 1.57. The maximum Gasteiger partial charge on any atom is 0.172 e. The van der Waals surface area contributed by atoms with Crippen LogP contribution in [0.1, 0.15) is 45.1 Å². The summed E-state index contributed by atoms with van der Waals surface area (Å²) in [5, 5.41) is 24.5. The number of aliphatic hydroxyl groups excluding tert-OH is 1. The van der Waals surface area contributed by atoms with Crippen molar-refractivity contribution in [2.45, 2.75) is 52.0 Å². The monoisotopic (exact) mass is 502 g/mol. The van der Waals surface area contributed by atoms with Crippen molar-refractivity contribution in [2.24, 2.45) is 0 Å². The quantitative estimate of drug-likeness (QED) is 0.449. The molecule has 3 N–H and O–H groups in total. The zero-order valence-corrected chi connectivity index (χ0v) is 21.2. The first-order valence-electron chi connectivity index (χ1n) is 11.8. The summed E-state index contributed by atoms with van der Waals surface area (Å²) in [4.78, 5) is 18.4. The van der Waals surface area contributed by atoms with Crippen molar-refractivity contribution in [2.75, 3.05) is 36.4 Å². The third-order valence-corrected chi connectivity index (χ3v) is 6.36. The van der Waals surface area contributed by atoms with E-state index in [1.165, 1.54) is 26.0 Å². The lowest BCUT2D eigenvalue weighted by atomic mass is 9.98. The second kappa shape index (κ2) is 10.2. The number of nitrogens with zero attached hydrogens (tertiary/aromatic N) is 5. The number of pyridine rings is 1. The van der Waals surface area contributed by atoms with E-state index in [0.717, 1.165) is 37.6 Å². The molecule has 0 aliphatic carbocycles. The van der Waals surface area contributed by atoms with E-state index in [1.54, 1.807) is 18.3 Å². The topological polar surface area (TPSA) is 97.6 Å². The van der Waals surface area contributed by atoms with Crippen LogP contribution in [0.2, 0.25) is 5.02 Å². The molecule has 10 heteroatoms. The average molecular weight is 503 g/mol. The van der Waals surface area contributed by atoms with Gasteiger partial charge in [0.2, 0.25) is 0 Å². The Morgan fingerprint density at radius 2 is 1.83 bits per heavy atom. The molecule has 0 spiro atoms. The van der Waals surface area contributed by atoms with E-state index in [0.29, 0.717) is 34.1 Å². The lowest BCUT2D eigenvalue weighted by molar-refractivity contribution is -0.0516. The van der Waals surface area contributed by atoms with Crippen LogP contribution in [0.5, 0.6) is 0 Å². The molecule has 0 saturated carbocycles. The first-order valence-corrected chi connectivity index (χ1v) is 12.1. The fourth-order valence-electron chi connectivity index (χ4n) is 4.08. The zero-order valence-electron chi connectivity index (χ0n) is 20.5. The Bertz CT molecular complexity index is 1190. The van der Waals surface area contributed by atoms with Crippen LogP contribution in [0.15, 0.2) is 30.5 Å². The number of benzene rings is 1. The summed E-state index contributed by atoms with van der Waals surface area (Å²) in [5.41, 5.74) is 1.12. The van der Waals surface area contributed by atoms with Crippen molar-refractivity contribution < 1.29 is 14.6 Å². The Labute approximate surface area is 209 Å². The Kier molecular flexibility index (Phi) is 7.42. The van der Waals surface area contributed by atoms with E-state index in [9.17, 15) is 14.6 Å². The van der Waals surface area contributed by atoms with Crippen molar-refractivity contribution in [3.63, 3.8) is 0 Å². The number of halogens is 2. The van der Waals surface area contributed by atoms with Crippen molar-refractivity contribution in [3.05, 3.63) is 52.6 Å². The first-order chi connectivity index (χ1) is 16.5. The number of aliphatic hydroxyl groups is 2. The summed E-state index contributed by atoms with van der Waals surface area (Å²) in [6.45, 7) is 10.8. The van der Waals surface area contributed by atoms with Crippen LogP contribution in [0, 0.1) is 5.82 Å². The molecule has 1 unspecified atom stereocenters. The molecular weight excluding hydrogens is 471 g/mol. The molecule has 1 aliphatic rings. The molecule has 1 aliphatic heterocycles. The molecule has 1 saturated heterocycles. The van der Waals surface area contributed by atoms with Gasteiger partial charge in [0.25, 0.3) is 0 Å². The number of rotatable bonds is 7. The summed E-state index contributed by atoms with van der Waals surface area (Å²) >= 11 is 6.22. The van der Waals surface area contributed by atoms with Gasteiger partial charge < -0.3 is 20.4 Å². The molecule has 0 amide bonds. The van der Waals surface area contributed by atoms with E-state index in [4.69, 9.17) is 21.6 Å². The molecule has 3 heterocycles. The summed E-state index contributed by atoms with van der Waals surface area (Å²) in [7, 11) is 0. The van der Waals surface area contributed by atoms with Gasteiger partial charge in [-0.3, -0.25) is 9.88 Å². The highest BCUT2D eigenvalue weighted by molar-refractivity contribution is 6.31. The van der Waals surface area contributed by atoms with E-state index in [2.05, 4.69) is 20.1 Å². The van der Waals surface area contributed by atoms with Crippen molar-refractivity contribution in [1.29, 1.82) is 0 Å². The normalized spacial score (nSPS) is 16.2. The molecule has 1 atom stereocenters. The second-order valence-electron chi connectivity index (χ2n) is 9.85. The van der Waals surface area contributed by atoms with Crippen LogP contribution < -0.4 is 10.2 Å². The van der Waals surface area contributed by atoms with Gasteiger partial charge in [-0.2, -0.15) is 0 Å². The highest BCUT2D eigenvalue weighted by atomic mass is 35.5. The van der Waals surface area contributed by atoms with Crippen LogP contribution >= 0.6 is 11.6 Å². The smallest absolute Gasteiger partial charge is 0.172 e. The predicted octanol–water partition coefficient (Wildman–Crippen LogP) is 3.76. The molecule has 2 aromatic heterocycles. The Morgan fingerprint density at radius 3 is 2.46 bits per heavy atom. The van der Waals surface area contributed by atoms with Crippen molar-refractivity contribution in [1.82, 2.24) is 19.9 Å². The largest absolute Gasteiger partial charge is 0.387 e. The molecule has 0 radical (unpaired) electrons. The van der Waals surface area contributed by atoms with Gasteiger partial charge in [-0.05, 0) is 51.5 Å². The van der Waals surface area contributed by atoms with Gasteiger partial charge in [-0.25, -0.2) is 14.4 Å². The molecule has 35 heavy (non-hydrogen) atoms. The van der Waals surface area contributed by atoms with Gasteiger partial charge in [0.05, 0.1) is 23.0 Å². The molecule has 3 aromatic rings. The number of nitrogens with one attached hydrogen (secondary N) is 1. The zero-order chi connectivity index (χ0) is 25.3. The standard InChI is InChI=1S/C25H32ClFN6O2/c1-15(2)29-23-24(31-19-12-20(22(34)25(3,4)35)28-13-21(19)30-23)33-9-7-32(8-10-33)14-16-5-6-17(27)11-18(16)26/h5-6,11-13,15,22,34-35H,7-10,14H2,1-4H3,(H,29,30). The number of hydrogen-bond acceptors (Lipinski definition) is 8. The van der Waals surface area contributed by atoms with Crippen LogP contribution in [0.4, 0.5) is 16.0 Å². The number of fused-ring (bicyclic) bond motifs is 1. The molecule has 1 fully saturated rings. The van der Waals surface area contributed by atoms with Crippen molar-refractivity contribution >= 4 is 34.3 Å². The van der Waals surface area contributed by atoms with Gasteiger partial charge >= 0.3 is 0 Å². The minimum Gasteiger partial charge on any atom is -0.387 e. The lowest BCUT2D eigenvalue weighted by Crippen LogP contribution is -2.46. The summed E-state index contributed by atoms with van der Waals surface area (Å²) in [5.74, 6) is 1.08. The average Bonchev–Trinajstić information content (AvgIpc) is 2.79. The summed E-state index contributed by atoms with van der Waals surface area (Å²) < 4.78 is 13.4. The number of anilines is 2. The molecule has 4 rings (SSSR count). The lowest BCUT2D eigenvalue weighted by Gasteiger charge is -2.36. The maximum absolute atomic E-state index is 13.4. The van der Waals surface area contributed by atoms with Crippen LogP contribution in [-0.2, 0) is 6.54 Å². The SMILES string of the molecule is CC(C)Nc1nc2cnc(C(O)C(C)(C)O)cc2nc1N1CCN(Cc2ccc(F)cc2Cl)CC1. The van der Waals surface area contributed by atoms with Gasteiger partial charge in [0, 0.05) is 43.8 Å². The third kappa shape index (κ3) is 5.98. The van der Waals surface area contributed by atoms with E-state index >= 15 is 0 Å². The minimum atomic E-state index is -1.33. The summed E-state index contributed by atoms with van der Waals surface area (Å²) in [6, 6.07) is 6.35. The molecule has 0 bridgehead atoms. The summed E-state index contributed by atoms with van der Waals surface area (Å²) in [6.07, 6.45) is 0.430. The molecular formula is C25H32ClFN6O2. The van der Waals surface area contributed by atoms with E-state index in [-0.39, 0.29) is 11.9 Å². The van der Waals surface area contributed by atoms with Gasteiger partial charge in [0.1, 0.15) is 17.4 Å². The first kappa shape index (κ1) is 25.5. The van der Waals surface area contributed by atoms with Gasteiger partial charge in [-0.1, -0.05) is 17.7 Å². The number of aromatic nitrogens is 3. The number of piperazine rings is 1. The Hall–Kier alpha value is -2.59. The molecule has 188 valence electrons. The highest BCUT2D eigenvalue weighted by Crippen LogP contribution is 2.30. The predicted molar refractivity (Wildman–Crippen MR) is 136 cm³/mol. The fourth-order valence-corrected chi connectivity index (χ4v) is 4.30. The number of hydrogen-bond donors (Lipinski definition) is 3. The van der Waals surface area contributed by atoms with Crippen LogP contribution in [-0.4, -0.2) is 67.9 Å². The maximum atomic E-state index is 13.4. The van der Waals surface area contributed by atoms with Gasteiger partial charge in [0.15, 0.2) is 11.6 Å². The highest BCUT2D eigenvalue weighted by Gasteiger charge is 2.28. The van der Waals surface area contributed by atoms with Crippen LogP contribution in [0.25, 0.3) is 11.0 Å². The molecule has 1 aromatic carbocycles. The van der Waals surface area contributed by atoms with Crippen LogP contribution in [0.3, 0.4) is 0 Å². The Morgan fingerprint density at radius 1 is 1.11 bits per heavy atom. The minimum absolute atomic E-state index is 0.159. The van der Waals surface area contributed by atoms with Crippen molar-refractivity contribution in [3.8, 4) is 0 Å². The van der Waals surface area contributed by atoms with Gasteiger partial charge in [-0.15, -0.1) is 0 Å². The fraction of sp³-hybridized carbons (Fsp3) is 0.480. The third-order valence-electron chi connectivity index (χ3n) is 6.01. The van der Waals surface area contributed by atoms with E-state index < -0.39 is 11.7 Å². The van der Waals surface area contributed by atoms with E-state index in [1.807, 2.05) is 13.8 Å². The molecule has 8 nitrogen and oxygen atoms in total. The second-order valence-corrected chi connectivity index (χ2v) is 10.3.